The second kappa shape index (κ2) is 5.21. The Labute approximate surface area is 128 Å². The highest BCUT2D eigenvalue weighted by atomic mass is 79.9. The monoisotopic (exact) mass is 346 g/mol. The second-order valence-electron chi connectivity index (χ2n) is 4.41. The van der Waals surface area contributed by atoms with Crippen molar-refractivity contribution in [2.24, 2.45) is 0 Å². The summed E-state index contributed by atoms with van der Waals surface area (Å²) in [6.07, 6.45) is 1.62. The third kappa shape index (κ3) is 2.27. The molecule has 0 fully saturated rings. The smallest absolute Gasteiger partial charge is 0.337 e. The van der Waals surface area contributed by atoms with Crippen LogP contribution in [0.2, 0.25) is 0 Å². The Morgan fingerprint density at radius 3 is 2.81 bits per heavy atom. The number of benzene rings is 2. The predicted molar refractivity (Wildman–Crippen MR) is 82.3 cm³/mol. The molecule has 0 radical (unpaired) electrons. The maximum absolute atomic E-state index is 11.4. The van der Waals surface area contributed by atoms with Crippen LogP contribution in [-0.4, -0.2) is 27.7 Å². The molecule has 3 rings (SSSR count). The van der Waals surface area contributed by atoms with Crippen LogP contribution < -0.4 is 4.74 Å². The van der Waals surface area contributed by atoms with Gasteiger partial charge in [0.2, 0.25) is 0 Å². The van der Waals surface area contributed by atoms with Crippen LogP contribution in [0.3, 0.4) is 0 Å². The van der Waals surface area contributed by atoms with Gasteiger partial charge in [0, 0.05) is 5.69 Å². The molecule has 1 heterocycles. The number of para-hydroxylation sites is 1. The number of carboxylic acids is 1. The lowest BCUT2D eigenvalue weighted by atomic mass is 10.2. The van der Waals surface area contributed by atoms with Gasteiger partial charge >= 0.3 is 5.97 Å². The van der Waals surface area contributed by atoms with E-state index in [1.54, 1.807) is 36.2 Å². The molecule has 0 aliphatic carbocycles. The number of hydrogen-bond donors (Lipinski definition) is 1. The summed E-state index contributed by atoms with van der Waals surface area (Å²) in [6, 6.07) is 10.6. The summed E-state index contributed by atoms with van der Waals surface area (Å²) in [6.45, 7) is 0. The average Bonchev–Trinajstić information content (AvgIpc) is 2.90. The molecular formula is C15H11BrN2O3. The van der Waals surface area contributed by atoms with Gasteiger partial charge in [-0.15, -0.1) is 0 Å². The van der Waals surface area contributed by atoms with E-state index < -0.39 is 5.97 Å². The maximum atomic E-state index is 11.4. The lowest BCUT2D eigenvalue weighted by molar-refractivity contribution is 0.0698. The van der Waals surface area contributed by atoms with Gasteiger partial charge in [-0.1, -0.05) is 6.07 Å². The minimum atomic E-state index is -0.977. The Morgan fingerprint density at radius 2 is 2.14 bits per heavy atom. The molecule has 5 nitrogen and oxygen atoms in total. The van der Waals surface area contributed by atoms with E-state index in [0.29, 0.717) is 16.8 Å². The Bertz CT molecular complexity index is 842. The van der Waals surface area contributed by atoms with Crippen molar-refractivity contribution in [1.82, 2.24) is 9.55 Å². The van der Waals surface area contributed by atoms with Crippen molar-refractivity contribution >= 4 is 32.9 Å². The van der Waals surface area contributed by atoms with Crippen molar-refractivity contribution in [2.45, 2.75) is 0 Å². The minimum Gasteiger partial charge on any atom is -0.496 e. The number of aromatic nitrogens is 2. The van der Waals surface area contributed by atoms with Gasteiger partial charge in [0.1, 0.15) is 12.1 Å². The summed E-state index contributed by atoms with van der Waals surface area (Å²) in [5.41, 5.74) is 2.24. The van der Waals surface area contributed by atoms with Gasteiger partial charge in [-0.3, -0.25) is 4.57 Å². The van der Waals surface area contributed by atoms with Crippen molar-refractivity contribution in [3.63, 3.8) is 0 Å². The van der Waals surface area contributed by atoms with E-state index in [0.717, 1.165) is 10.2 Å². The van der Waals surface area contributed by atoms with E-state index in [9.17, 15) is 9.90 Å². The molecule has 106 valence electrons. The zero-order valence-electron chi connectivity index (χ0n) is 11.1. The van der Waals surface area contributed by atoms with Crippen LogP contribution in [0.4, 0.5) is 0 Å². The Morgan fingerprint density at radius 1 is 1.33 bits per heavy atom. The Balaban J connectivity index is 2.26. The van der Waals surface area contributed by atoms with Gasteiger partial charge in [-0.25, -0.2) is 9.78 Å². The first-order valence-corrected chi connectivity index (χ1v) is 6.94. The summed E-state index contributed by atoms with van der Waals surface area (Å²) in [5, 5.41) is 9.34. The maximum Gasteiger partial charge on any atom is 0.337 e. The number of nitrogens with zero attached hydrogens (tertiary/aromatic N) is 2. The molecule has 0 atom stereocenters. The van der Waals surface area contributed by atoms with E-state index in [2.05, 4.69) is 20.9 Å². The average molecular weight is 347 g/mol. The first-order valence-electron chi connectivity index (χ1n) is 6.15. The normalized spacial score (nSPS) is 10.8. The third-order valence-corrected chi connectivity index (χ3v) is 3.83. The molecule has 0 aliphatic rings. The highest BCUT2D eigenvalue weighted by Crippen LogP contribution is 2.29. The number of fused-ring (bicyclic) bond motifs is 1. The lowest BCUT2D eigenvalue weighted by Gasteiger charge is -2.09. The molecule has 0 unspecified atom stereocenters. The zero-order valence-corrected chi connectivity index (χ0v) is 12.7. The number of halogens is 1. The van der Waals surface area contributed by atoms with E-state index >= 15 is 0 Å². The number of carboxylic acid groups (broad SMARTS) is 1. The number of carbonyl (C=O) groups is 1. The van der Waals surface area contributed by atoms with Gasteiger partial charge in [0.15, 0.2) is 0 Å². The van der Waals surface area contributed by atoms with Crippen LogP contribution in [0, 0.1) is 0 Å². The molecule has 0 aliphatic heterocycles. The fraction of sp³-hybridized carbons (Fsp3) is 0.0667. The summed E-state index contributed by atoms with van der Waals surface area (Å²) < 4.78 is 7.74. The van der Waals surface area contributed by atoms with Crippen molar-refractivity contribution < 1.29 is 14.6 Å². The molecule has 2 aromatic carbocycles. The highest BCUT2D eigenvalue weighted by Gasteiger charge is 2.14. The van der Waals surface area contributed by atoms with Crippen LogP contribution in [0.15, 0.2) is 47.2 Å². The van der Waals surface area contributed by atoms with Gasteiger partial charge in [-0.05, 0) is 46.3 Å². The zero-order chi connectivity index (χ0) is 15.0. The SMILES string of the molecule is COc1ccc(-n2cnc3cccc(C(=O)O)c32)cc1Br. The van der Waals surface area contributed by atoms with Crippen LogP contribution in [0.25, 0.3) is 16.7 Å². The molecule has 0 spiro atoms. The van der Waals surface area contributed by atoms with Crippen LogP contribution in [-0.2, 0) is 0 Å². The van der Waals surface area contributed by atoms with Crippen LogP contribution >= 0.6 is 15.9 Å². The number of aromatic carboxylic acids is 1. The quantitative estimate of drug-likeness (QED) is 0.788. The topological polar surface area (TPSA) is 64.4 Å². The number of methoxy groups -OCH3 is 1. The largest absolute Gasteiger partial charge is 0.496 e. The van der Waals surface area contributed by atoms with Crippen molar-refractivity contribution in [1.29, 1.82) is 0 Å². The molecule has 1 N–H and O–H groups in total. The fourth-order valence-electron chi connectivity index (χ4n) is 2.24. The minimum absolute atomic E-state index is 0.219. The Hall–Kier alpha value is -2.34. The van der Waals surface area contributed by atoms with Crippen LogP contribution in [0.5, 0.6) is 5.75 Å². The molecule has 0 saturated heterocycles. The fourth-order valence-corrected chi connectivity index (χ4v) is 2.77. The molecule has 0 saturated carbocycles. The van der Waals surface area contributed by atoms with Gasteiger partial charge < -0.3 is 9.84 Å². The van der Waals surface area contributed by atoms with Gasteiger partial charge in [0.05, 0.1) is 28.2 Å². The van der Waals surface area contributed by atoms with E-state index in [1.165, 1.54) is 0 Å². The number of ether oxygens (including phenoxy) is 1. The first-order chi connectivity index (χ1) is 10.1. The highest BCUT2D eigenvalue weighted by molar-refractivity contribution is 9.10. The van der Waals surface area contributed by atoms with E-state index in [-0.39, 0.29) is 5.56 Å². The van der Waals surface area contributed by atoms with E-state index in [4.69, 9.17) is 4.74 Å². The number of imidazole rings is 1. The third-order valence-electron chi connectivity index (χ3n) is 3.21. The number of rotatable bonds is 3. The second-order valence-corrected chi connectivity index (χ2v) is 5.27. The summed E-state index contributed by atoms with van der Waals surface area (Å²) in [5.74, 6) is -0.267. The summed E-state index contributed by atoms with van der Waals surface area (Å²) >= 11 is 3.43. The molecule has 0 bridgehead atoms. The summed E-state index contributed by atoms with van der Waals surface area (Å²) in [7, 11) is 1.59. The number of hydrogen-bond acceptors (Lipinski definition) is 3. The van der Waals surface area contributed by atoms with Crippen LogP contribution in [0.1, 0.15) is 10.4 Å². The molecule has 1 aromatic heterocycles. The van der Waals surface area contributed by atoms with Crippen molar-refractivity contribution in [2.75, 3.05) is 7.11 Å². The molecule has 3 aromatic rings. The van der Waals surface area contributed by atoms with Gasteiger partial charge in [-0.2, -0.15) is 0 Å². The van der Waals surface area contributed by atoms with Crippen molar-refractivity contribution in [3.8, 4) is 11.4 Å². The van der Waals surface area contributed by atoms with Crippen molar-refractivity contribution in [3.05, 3.63) is 52.8 Å². The lowest BCUT2D eigenvalue weighted by Crippen LogP contribution is -2.01. The van der Waals surface area contributed by atoms with E-state index in [1.807, 2.05) is 18.2 Å². The molecule has 21 heavy (non-hydrogen) atoms. The predicted octanol–water partition coefficient (Wildman–Crippen LogP) is 3.49. The molecule has 0 amide bonds. The first kappa shape index (κ1) is 13.6. The molecular weight excluding hydrogens is 336 g/mol. The molecule has 6 heteroatoms. The standard InChI is InChI=1S/C15H11BrN2O3/c1-21-13-6-5-9(7-11(13)16)18-8-17-12-4-2-3-10(14(12)18)15(19)20/h2-8H,1H3,(H,19,20). The summed E-state index contributed by atoms with van der Waals surface area (Å²) in [4.78, 5) is 15.7. The Kier molecular flexibility index (Phi) is 3.39. The van der Waals surface area contributed by atoms with Gasteiger partial charge in [0.25, 0.3) is 0 Å².